The van der Waals surface area contributed by atoms with Crippen LogP contribution in [0.3, 0.4) is 0 Å². The molecule has 6 nitrogen and oxygen atoms in total. The smallest absolute Gasteiger partial charge is 0.223 e. The predicted octanol–water partition coefficient (Wildman–Crippen LogP) is 3.21. The maximum atomic E-state index is 11.7. The lowest BCUT2D eigenvalue weighted by molar-refractivity contribution is -0.122. The summed E-state index contributed by atoms with van der Waals surface area (Å²) >= 11 is 0. The average Bonchev–Trinajstić information content (AvgIpc) is 3.47. The molecule has 0 heterocycles. The molecule has 7 heteroatoms. The van der Waals surface area contributed by atoms with Crippen molar-refractivity contribution >= 4 is 35.8 Å². The summed E-state index contributed by atoms with van der Waals surface area (Å²) in [5.74, 6) is 2.21. The third-order valence-electron chi connectivity index (χ3n) is 5.79. The fraction of sp³-hybridized carbons (Fsp3) is 0.636. The molecular weight excluding hydrogens is 479 g/mol. The Morgan fingerprint density at radius 2 is 1.83 bits per heavy atom. The Morgan fingerprint density at radius 3 is 2.48 bits per heavy atom. The number of halogens is 1. The number of nitrogens with zero attached hydrogens (tertiary/aromatic N) is 1. The van der Waals surface area contributed by atoms with E-state index in [4.69, 9.17) is 9.73 Å². The highest BCUT2D eigenvalue weighted by Crippen LogP contribution is 2.44. The number of para-hydroxylation sites is 1. The molecule has 0 aromatic heterocycles. The molecule has 3 rings (SSSR count). The van der Waals surface area contributed by atoms with Crippen LogP contribution in [-0.4, -0.2) is 45.2 Å². The number of rotatable bonds is 9. The number of carbonyl (C=O) groups excluding carboxylic acids is 1. The fourth-order valence-electron chi connectivity index (χ4n) is 4.08. The van der Waals surface area contributed by atoms with E-state index >= 15 is 0 Å². The van der Waals surface area contributed by atoms with E-state index in [1.807, 2.05) is 12.1 Å². The van der Waals surface area contributed by atoms with Crippen molar-refractivity contribution in [3.8, 4) is 5.75 Å². The molecule has 0 bridgehead atoms. The van der Waals surface area contributed by atoms with Gasteiger partial charge in [-0.3, -0.25) is 9.79 Å². The monoisotopic (exact) mass is 514 g/mol. The van der Waals surface area contributed by atoms with Crippen molar-refractivity contribution in [2.24, 2.45) is 10.9 Å². The van der Waals surface area contributed by atoms with Gasteiger partial charge in [-0.1, -0.05) is 31.0 Å². The number of benzene rings is 1. The second-order valence-corrected chi connectivity index (χ2v) is 7.87. The molecular formula is C22H35IN4O2. The number of aliphatic imine (C=N–C) groups is 1. The zero-order valence-electron chi connectivity index (χ0n) is 17.6. The third kappa shape index (κ3) is 6.49. The molecule has 0 aliphatic heterocycles. The van der Waals surface area contributed by atoms with Crippen LogP contribution in [-0.2, 0) is 10.2 Å². The minimum absolute atomic E-state index is 0. The first kappa shape index (κ1) is 23.8. The van der Waals surface area contributed by atoms with Crippen molar-refractivity contribution in [2.75, 3.05) is 33.3 Å². The number of guanidine groups is 1. The van der Waals surface area contributed by atoms with Crippen molar-refractivity contribution in [1.82, 2.24) is 16.0 Å². The van der Waals surface area contributed by atoms with Gasteiger partial charge in [-0.15, -0.1) is 24.0 Å². The lowest BCUT2D eigenvalue weighted by Gasteiger charge is -2.30. The Kier molecular flexibility index (Phi) is 9.52. The molecule has 1 amide bonds. The summed E-state index contributed by atoms with van der Waals surface area (Å²) in [7, 11) is 1.74. The molecule has 1 aromatic rings. The Morgan fingerprint density at radius 1 is 1.14 bits per heavy atom. The third-order valence-corrected chi connectivity index (χ3v) is 5.79. The van der Waals surface area contributed by atoms with Crippen LogP contribution in [0.5, 0.6) is 5.75 Å². The number of hydrogen-bond donors (Lipinski definition) is 3. The molecule has 162 valence electrons. The van der Waals surface area contributed by atoms with Gasteiger partial charge >= 0.3 is 0 Å². The van der Waals surface area contributed by atoms with Gasteiger partial charge in [0.05, 0.1) is 13.7 Å². The molecule has 0 unspecified atom stereocenters. The van der Waals surface area contributed by atoms with E-state index in [0.717, 1.165) is 50.5 Å². The number of nitrogens with one attached hydrogen (secondary N) is 3. The quantitative estimate of drug-likeness (QED) is 0.205. The van der Waals surface area contributed by atoms with E-state index in [-0.39, 0.29) is 41.2 Å². The Labute approximate surface area is 191 Å². The second kappa shape index (κ2) is 11.6. The van der Waals surface area contributed by atoms with Crippen molar-refractivity contribution in [3.05, 3.63) is 29.8 Å². The minimum atomic E-state index is 0. The Balaban J connectivity index is 0.00000300. The van der Waals surface area contributed by atoms with Gasteiger partial charge in [-0.05, 0) is 38.7 Å². The largest absolute Gasteiger partial charge is 0.496 e. The minimum Gasteiger partial charge on any atom is -0.496 e. The Bertz CT molecular complexity index is 685. The van der Waals surface area contributed by atoms with E-state index in [1.165, 1.54) is 18.4 Å². The zero-order valence-corrected chi connectivity index (χ0v) is 20.0. The first-order valence-corrected chi connectivity index (χ1v) is 10.6. The molecule has 2 fully saturated rings. The van der Waals surface area contributed by atoms with E-state index in [2.05, 4.69) is 35.0 Å². The van der Waals surface area contributed by atoms with E-state index in [0.29, 0.717) is 13.1 Å². The number of hydrogen-bond acceptors (Lipinski definition) is 3. The van der Waals surface area contributed by atoms with Gasteiger partial charge in [0.25, 0.3) is 0 Å². The number of methoxy groups -OCH3 is 1. The SMILES string of the molecule is CCNC(=NCC1(c2ccccc2OC)CCCC1)NCCNC(=O)C1CC1.I. The van der Waals surface area contributed by atoms with Gasteiger partial charge in [-0.25, -0.2) is 0 Å². The Hall–Kier alpha value is -1.51. The van der Waals surface area contributed by atoms with Crippen LogP contribution in [0.15, 0.2) is 29.3 Å². The number of carbonyl (C=O) groups is 1. The summed E-state index contributed by atoms with van der Waals surface area (Å²) in [5.41, 5.74) is 1.31. The second-order valence-electron chi connectivity index (χ2n) is 7.87. The first-order chi connectivity index (χ1) is 13.7. The van der Waals surface area contributed by atoms with Gasteiger partial charge in [-0.2, -0.15) is 0 Å². The van der Waals surface area contributed by atoms with Crippen molar-refractivity contribution in [3.63, 3.8) is 0 Å². The average molecular weight is 514 g/mol. The van der Waals surface area contributed by atoms with Crippen molar-refractivity contribution in [2.45, 2.75) is 50.9 Å². The number of ether oxygens (including phenoxy) is 1. The highest BCUT2D eigenvalue weighted by atomic mass is 127. The van der Waals surface area contributed by atoms with Gasteiger partial charge < -0.3 is 20.7 Å². The van der Waals surface area contributed by atoms with E-state index < -0.39 is 0 Å². The molecule has 3 N–H and O–H groups in total. The highest BCUT2D eigenvalue weighted by Gasteiger charge is 2.37. The highest BCUT2D eigenvalue weighted by molar-refractivity contribution is 14.0. The molecule has 0 spiro atoms. The van der Waals surface area contributed by atoms with Crippen LogP contribution in [0.25, 0.3) is 0 Å². The predicted molar refractivity (Wildman–Crippen MR) is 128 cm³/mol. The fourth-order valence-corrected chi connectivity index (χ4v) is 4.08. The molecule has 2 saturated carbocycles. The van der Waals surface area contributed by atoms with Crippen molar-refractivity contribution < 1.29 is 9.53 Å². The molecule has 0 radical (unpaired) electrons. The number of amides is 1. The van der Waals surface area contributed by atoms with Crippen molar-refractivity contribution in [1.29, 1.82) is 0 Å². The molecule has 0 atom stereocenters. The van der Waals surface area contributed by atoms with Crippen LogP contribution in [0.1, 0.15) is 51.0 Å². The maximum absolute atomic E-state index is 11.7. The summed E-state index contributed by atoms with van der Waals surface area (Å²) in [6.07, 6.45) is 6.79. The zero-order chi connectivity index (χ0) is 19.8. The van der Waals surface area contributed by atoms with Gasteiger partial charge in [0.15, 0.2) is 5.96 Å². The van der Waals surface area contributed by atoms with E-state index in [9.17, 15) is 4.79 Å². The van der Waals surface area contributed by atoms with Gasteiger partial charge in [0.2, 0.25) is 5.91 Å². The molecule has 1 aromatic carbocycles. The summed E-state index contributed by atoms with van der Waals surface area (Å²) < 4.78 is 5.64. The standard InChI is InChI=1S/C22H34N4O2.HI/c1-3-23-21(25-15-14-24-20(27)17-10-11-17)26-16-22(12-6-7-13-22)18-8-4-5-9-19(18)28-2;/h4-5,8-9,17H,3,6-7,10-16H2,1-2H3,(H,24,27)(H2,23,25,26);1H. The molecule has 2 aliphatic carbocycles. The lowest BCUT2D eigenvalue weighted by Crippen LogP contribution is -2.42. The van der Waals surface area contributed by atoms with Crippen LogP contribution < -0.4 is 20.7 Å². The topological polar surface area (TPSA) is 74.8 Å². The van der Waals surface area contributed by atoms with Crippen LogP contribution in [0.2, 0.25) is 0 Å². The van der Waals surface area contributed by atoms with Gasteiger partial charge in [0, 0.05) is 36.5 Å². The first-order valence-electron chi connectivity index (χ1n) is 10.6. The molecule has 2 aliphatic rings. The summed E-state index contributed by atoms with van der Waals surface area (Å²) in [4.78, 5) is 16.6. The molecule has 29 heavy (non-hydrogen) atoms. The van der Waals surface area contributed by atoms with Crippen LogP contribution in [0, 0.1) is 5.92 Å². The van der Waals surface area contributed by atoms with Crippen LogP contribution >= 0.6 is 24.0 Å². The summed E-state index contributed by atoms with van der Waals surface area (Å²) in [6.45, 7) is 4.90. The normalized spacial score (nSPS) is 17.9. The van der Waals surface area contributed by atoms with E-state index in [1.54, 1.807) is 7.11 Å². The maximum Gasteiger partial charge on any atom is 0.223 e. The van der Waals surface area contributed by atoms with Gasteiger partial charge in [0.1, 0.15) is 5.75 Å². The van der Waals surface area contributed by atoms with Crippen LogP contribution in [0.4, 0.5) is 0 Å². The lowest BCUT2D eigenvalue weighted by atomic mass is 9.78. The molecule has 0 saturated heterocycles. The summed E-state index contributed by atoms with van der Waals surface area (Å²) in [5, 5.41) is 9.66. The summed E-state index contributed by atoms with van der Waals surface area (Å²) in [6, 6.07) is 8.35.